The summed E-state index contributed by atoms with van der Waals surface area (Å²) in [4.78, 5) is 77.2. The van der Waals surface area contributed by atoms with Crippen LogP contribution >= 0.6 is 0 Å². The summed E-state index contributed by atoms with van der Waals surface area (Å²) in [5, 5.41) is 13.1. The fourth-order valence-corrected chi connectivity index (χ4v) is 11.6. The molecule has 0 fully saturated rings. The largest absolute Gasteiger partial charge is 0.462 e. The number of ether oxygens (including phenoxy) is 6. The van der Waals surface area contributed by atoms with Gasteiger partial charge in [-0.3, -0.25) is 14.4 Å². The maximum absolute atomic E-state index is 13.1. The van der Waals surface area contributed by atoms with Gasteiger partial charge in [-0.05, 0) is 176 Å². The Labute approximate surface area is 528 Å². The molecule has 9 aromatic rings. The average molecular weight is 1220 g/mol. The molecule has 0 amide bonds. The van der Waals surface area contributed by atoms with E-state index < -0.39 is 24.0 Å². The Morgan fingerprint density at radius 3 is 0.789 bits per heavy atom. The van der Waals surface area contributed by atoms with E-state index in [1.54, 1.807) is 0 Å². The van der Waals surface area contributed by atoms with Crippen LogP contribution in [0.2, 0.25) is 0 Å². The van der Waals surface area contributed by atoms with E-state index in [4.69, 9.17) is 28.4 Å². The van der Waals surface area contributed by atoms with Crippen molar-refractivity contribution >= 4 is 100 Å². The Kier molecular flexibility index (Phi) is 26.0. The second kappa shape index (κ2) is 35.5. The monoisotopic (exact) mass is 1210 g/mol. The average Bonchev–Trinajstić information content (AvgIpc) is 0.897. The number of unbranched alkanes of at least 4 members (excludes halogenated alkanes) is 18. The molecule has 9 rings (SSSR count). The first-order valence-electron chi connectivity index (χ1n) is 32.9. The van der Waals surface area contributed by atoms with Gasteiger partial charge < -0.3 is 28.4 Å². The van der Waals surface area contributed by atoms with Crippen molar-refractivity contribution in [3.8, 4) is 0 Å². The maximum Gasteiger partial charge on any atom is 0.338 e. The lowest BCUT2D eigenvalue weighted by molar-refractivity contribution is -0.167. The fourth-order valence-electron chi connectivity index (χ4n) is 11.6. The molecule has 0 unspecified atom stereocenters. The number of fused-ring (bicyclic) bond motifs is 6. The molecule has 0 bridgehead atoms. The zero-order valence-corrected chi connectivity index (χ0v) is 52.1. The Morgan fingerprint density at radius 1 is 0.244 bits per heavy atom. The predicted octanol–water partition coefficient (Wildman–Crippen LogP) is 18.8. The first kappa shape index (κ1) is 65.8. The molecular weight excluding hydrogens is 1130 g/mol. The molecule has 0 N–H and O–H groups in total. The first-order valence-corrected chi connectivity index (χ1v) is 32.9. The Bertz CT molecular complexity index is 3680. The minimum Gasteiger partial charge on any atom is -0.462 e. The molecule has 0 radical (unpaired) electrons. The van der Waals surface area contributed by atoms with Crippen LogP contribution in [0, 0.1) is 0 Å². The number of benzene rings is 9. The number of carbonyl (C=O) groups excluding carboxylic acids is 6. The zero-order valence-electron chi connectivity index (χ0n) is 52.1. The van der Waals surface area contributed by atoms with E-state index in [0.29, 0.717) is 55.8 Å². The molecular formula is C78H86O12. The molecule has 12 nitrogen and oxygen atoms in total. The van der Waals surface area contributed by atoms with Crippen LogP contribution in [0.15, 0.2) is 164 Å². The van der Waals surface area contributed by atoms with Gasteiger partial charge in [0.2, 0.25) is 0 Å². The number of esters is 6. The van der Waals surface area contributed by atoms with Gasteiger partial charge in [0.1, 0.15) is 13.2 Å². The van der Waals surface area contributed by atoms with Crippen molar-refractivity contribution < 1.29 is 57.2 Å². The SMILES string of the molecule is O=C(CCCCCCCCCOC(=O)c1ccc2cc3ccccc3cc2c1)OCC(COC(=O)CCCCCCCCCOC(=O)c1ccc2cc3ccccc3cc2c1)OC(=O)CCCCCCCCCOC(=O)c1ccc2cc3ccccc3cc2c1. The van der Waals surface area contributed by atoms with Crippen molar-refractivity contribution in [2.45, 2.75) is 160 Å². The quantitative estimate of drug-likeness (QED) is 0.0156. The van der Waals surface area contributed by atoms with Crippen molar-refractivity contribution in [3.05, 3.63) is 180 Å². The molecule has 90 heavy (non-hydrogen) atoms. The van der Waals surface area contributed by atoms with E-state index >= 15 is 0 Å². The summed E-state index contributed by atoms with van der Waals surface area (Å²) >= 11 is 0. The molecule has 0 aliphatic rings. The predicted molar refractivity (Wildman–Crippen MR) is 358 cm³/mol. The van der Waals surface area contributed by atoms with E-state index in [9.17, 15) is 28.8 Å². The highest BCUT2D eigenvalue weighted by molar-refractivity contribution is 6.04. The van der Waals surface area contributed by atoms with Crippen LogP contribution in [-0.4, -0.2) is 75.0 Å². The van der Waals surface area contributed by atoms with Crippen LogP contribution < -0.4 is 0 Å². The van der Waals surface area contributed by atoms with E-state index in [1.165, 1.54) is 0 Å². The highest BCUT2D eigenvalue weighted by atomic mass is 16.6. The molecule has 0 saturated carbocycles. The molecule has 0 aromatic heterocycles. The molecule has 0 aliphatic heterocycles. The van der Waals surface area contributed by atoms with Crippen LogP contribution in [-0.2, 0) is 42.8 Å². The summed E-state index contributed by atoms with van der Waals surface area (Å²) in [7, 11) is 0. The first-order chi connectivity index (χ1) is 44.1. The summed E-state index contributed by atoms with van der Waals surface area (Å²) in [5.41, 5.74) is 1.64. The molecule has 0 spiro atoms. The Morgan fingerprint density at radius 2 is 0.489 bits per heavy atom. The molecule has 470 valence electrons. The van der Waals surface area contributed by atoms with Gasteiger partial charge in [-0.15, -0.1) is 0 Å². The van der Waals surface area contributed by atoms with Gasteiger partial charge in [-0.25, -0.2) is 14.4 Å². The third-order valence-electron chi connectivity index (χ3n) is 16.8. The van der Waals surface area contributed by atoms with Gasteiger partial charge in [-0.2, -0.15) is 0 Å². The van der Waals surface area contributed by atoms with Crippen LogP contribution in [0.4, 0.5) is 0 Å². The topological polar surface area (TPSA) is 158 Å². The van der Waals surface area contributed by atoms with Crippen molar-refractivity contribution in [1.82, 2.24) is 0 Å². The third-order valence-corrected chi connectivity index (χ3v) is 16.8. The molecule has 0 aliphatic carbocycles. The molecule has 0 saturated heterocycles. The van der Waals surface area contributed by atoms with Crippen LogP contribution in [0.25, 0.3) is 64.6 Å². The van der Waals surface area contributed by atoms with Crippen molar-refractivity contribution in [2.24, 2.45) is 0 Å². The van der Waals surface area contributed by atoms with Crippen molar-refractivity contribution in [3.63, 3.8) is 0 Å². The van der Waals surface area contributed by atoms with Gasteiger partial charge in [0.15, 0.2) is 6.10 Å². The summed E-state index contributed by atoms with van der Waals surface area (Å²) in [6.07, 6.45) is 18.3. The number of rotatable bonds is 38. The lowest BCUT2D eigenvalue weighted by Crippen LogP contribution is -2.30. The van der Waals surface area contributed by atoms with Crippen LogP contribution in [0.3, 0.4) is 0 Å². The van der Waals surface area contributed by atoms with Crippen molar-refractivity contribution in [1.29, 1.82) is 0 Å². The third kappa shape index (κ3) is 21.0. The van der Waals surface area contributed by atoms with Gasteiger partial charge in [0.05, 0.1) is 36.5 Å². The normalized spacial score (nSPS) is 11.4. The van der Waals surface area contributed by atoms with Gasteiger partial charge in [0, 0.05) is 19.3 Å². The smallest absolute Gasteiger partial charge is 0.338 e. The number of hydrogen-bond acceptors (Lipinski definition) is 12. The molecule has 0 atom stereocenters. The van der Waals surface area contributed by atoms with Crippen LogP contribution in [0.1, 0.15) is 185 Å². The second-order valence-electron chi connectivity index (χ2n) is 23.8. The Hall–Kier alpha value is -8.64. The zero-order chi connectivity index (χ0) is 62.5. The number of carbonyl (C=O) groups is 6. The second-order valence-corrected chi connectivity index (χ2v) is 23.8. The lowest BCUT2D eigenvalue weighted by Gasteiger charge is -2.18. The highest BCUT2D eigenvalue weighted by Gasteiger charge is 2.20. The minimum absolute atomic E-state index is 0.197. The van der Waals surface area contributed by atoms with Crippen LogP contribution in [0.5, 0.6) is 0 Å². The fraction of sp³-hybridized carbons (Fsp3) is 0.385. The lowest BCUT2D eigenvalue weighted by atomic mass is 10.0. The summed E-state index contributed by atoms with van der Waals surface area (Å²) in [6.45, 7) is 0.697. The highest BCUT2D eigenvalue weighted by Crippen LogP contribution is 2.28. The Balaban J connectivity index is 0.611. The van der Waals surface area contributed by atoms with E-state index in [2.05, 4.69) is 72.8 Å². The van der Waals surface area contributed by atoms with Gasteiger partial charge in [0.25, 0.3) is 0 Å². The standard InChI is InChI=1S/C78H86O12/c79-73(34-16-10-4-1-7-13-25-43-85-76(82)66-40-37-63-46-57-28-19-22-31-60(57)49-69(63)52-66)88-55-72(90-75(81)36-18-12-6-3-9-15-27-45-87-78(84)68-42-39-65-48-59-30-21-24-33-62(59)51-71(65)54-68)56-89-74(80)35-17-11-5-2-8-14-26-44-86-77(83)67-41-38-64-47-58-29-20-23-32-61(58)50-70(64)53-67/h19-24,28-33,37-42,46-54,72H,1-18,25-27,34-36,43-45,55-56H2. The summed E-state index contributed by atoms with van der Waals surface area (Å²) in [5.74, 6) is -2.15. The molecule has 12 heteroatoms. The van der Waals surface area contributed by atoms with E-state index in [0.717, 1.165) is 180 Å². The van der Waals surface area contributed by atoms with Crippen molar-refractivity contribution in [2.75, 3.05) is 33.0 Å². The summed E-state index contributed by atoms with van der Waals surface area (Å²) in [6, 6.07) is 54.3. The van der Waals surface area contributed by atoms with E-state index in [-0.39, 0.29) is 50.4 Å². The minimum atomic E-state index is -0.915. The van der Waals surface area contributed by atoms with E-state index in [1.807, 2.05) is 91.0 Å². The summed E-state index contributed by atoms with van der Waals surface area (Å²) < 4.78 is 33.7. The maximum atomic E-state index is 13.1. The number of hydrogen-bond donors (Lipinski definition) is 0. The van der Waals surface area contributed by atoms with Gasteiger partial charge >= 0.3 is 35.8 Å². The van der Waals surface area contributed by atoms with Gasteiger partial charge in [-0.1, -0.05) is 187 Å². The molecule has 9 aromatic carbocycles. The molecule has 0 heterocycles.